The number of amides is 1. The van der Waals surface area contributed by atoms with Gasteiger partial charge in [0.1, 0.15) is 24.1 Å². The molecule has 220 valence electrons. The van der Waals surface area contributed by atoms with Crippen molar-refractivity contribution < 1.29 is 49.8 Å². The number of ether oxygens (including phenoxy) is 1. The average molecular weight is 595 g/mol. The summed E-state index contributed by atoms with van der Waals surface area (Å²) in [5.74, 6) is -4.51. The number of hydrogen-bond donors (Lipinski definition) is 2. The summed E-state index contributed by atoms with van der Waals surface area (Å²) in [6.45, 7) is 1.42. The first kappa shape index (κ1) is 32.6. The van der Waals surface area contributed by atoms with Crippen LogP contribution in [0.5, 0.6) is 0 Å². The molecule has 0 atom stereocenters. The number of sulfonamides is 1. The number of aliphatic imine (C=N–C) groups is 1. The van der Waals surface area contributed by atoms with Crippen molar-refractivity contribution in [1.82, 2.24) is 14.5 Å². The average Bonchev–Trinajstić information content (AvgIpc) is 3.41. The molecule has 1 aliphatic heterocycles. The van der Waals surface area contributed by atoms with E-state index in [0.717, 1.165) is 52.6 Å². The highest BCUT2D eigenvalue weighted by molar-refractivity contribution is 7.89. The van der Waals surface area contributed by atoms with Crippen molar-refractivity contribution in [3.63, 3.8) is 0 Å². The number of hydrogen-bond acceptors (Lipinski definition) is 7. The Bertz CT molecular complexity index is 1300. The Hall–Kier alpha value is -3.63. The van der Waals surface area contributed by atoms with Crippen molar-refractivity contribution in [2.75, 3.05) is 46.9 Å². The van der Waals surface area contributed by atoms with Gasteiger partial charge in [-0.2, -0.15) is 17.5 Å². The van der Waals surface area contributed by atoms with Gasteiger partial charge < -0.3 is 20.1 Å². The number of rotatable bonds is 10. The fraction of sp³-hybridized carbons (Fsp3) is 0.375. The molecule has 16 heteroatoms. The lowest BCUT2D eigenvalue weighted by Gasteiger charge is -2.19. The summed E-state index contributed by atoms with van der Waals surface area (Å²) in [6, 6.07) is 10.6. The maximum atomic E-state index is 13.8. The number of likely N-dealkylation sites (N-methyl/N-ethyl adjacent to an activating group) is 2. The Balaban J connectivity index is 0.000000708. The summed E-state index contributed by atoms with van der Waals surface area (Å²) in [5, 5.41) is 10.3. The molecule has 0 spiro atoms. The minimum atomic E-state index is -5.08. The number of benzene rings is 2. The Morgan fingerprint density at radius 1 is 1.07 bits per heavy atom. The third-order valence-electron chi connectivity index (χ3n) is 5.35. The number of carboxylic acid groups (broad SMARTS) is 1. The zero-order chi connectivity index (χ0) is 30.1. The first-order chi connectivity index (χ1) is 18.6. The Morgan fingerprint density at radius 2 is 1.65 bits per heavy atom. The van der Waals surface area contributed by atoms with Crippen molar-refractivity contribution >= 4 is 27.7 Å². The molecule has 2 aromatic rings. The van der Waals surface area contributed by atoms with Crippen molar-refractivity contribution in [3.8, 4) is 0 Å². The minimum Gasteiger partial charge on any atom is -0.475 e. The largest absolute Gasteiger partial charge is 0.490 e. The van der Waals surface area contributed by atoms with Gasteiger partial charge in [-0.15, -0.1) is 0 Å². The van der Waals surface area contributed by atoms with Crippen LogP contribution in [0.2, 0.25) is 0 Å². The van der Waals surface area contributed by atoms with Crippen LogP contribution in [0, 0.1) is 11.6 Å². The minimum absolute atomic E-state index is 0.116. The third-order valence-corrected chi connectivity index (χ3v) is 7.26. The van der Waals surface area contributed by atoms with Gasteiger partial charge in [-0.3, -0.25) is 9.79 Å². The van der Waals surface area contributed by atoms with E-state index in [4.69, 9.17) is 14.6 Å². The lowest BCUT2D eigenvalue weighted by molar-refractivity contribution is -0.192. The number of carbonyl (C=O) groups is 2. The molecule has 0 aromatic heterocycles. The van der Waals surface area contributed by atoms with E-state index in [1.54, 1.807) is 7.05 Å². The van der Waals surface area contributed by atoms with Crippen molar-refractivity contribution in [1.29, 1.82) is 0 Å². The predicted octanol–water partition coefficient (Wildman–Crippen LogP) is 2.24. The highest BCUT2D eigenvalue weighted by atomic mass is 32.2. The van der Waals surface area contributed by atoms with Gasteiger partial charge in [0.2, 0.25) is 15.9 Å². The van der Waals surface area contributed by atoms with E-state index < -0.39 is 38.7 Å². The molecule has 2 aromatic carbocycles. The van der Waals surface area contributed by atoms with Crippen LogP contribution < -0.4 is 5.32 Å². The van der Waals surface area contributed by atoms with E-state index in [-0.39, 0.29) is 25.7 Å². The lowest BCUT2D eigenvalue weighted by Crippen LogP contribution is -2.34. The quantitative estimate of drug-likeness (QED) is 0.319. The van der Waals surface area contributed by atoms with Crippen molar-refractivity contribution in [2.24, 2.45) is 4.99 Å². The molecule has 2 N–H and O–H groups in total. The van der Waals surface area contributed by atoms with Gasteiger partial charge in [0.05, 0.1) is 13.2 Å². The highest BCUT2D eigenvalue weighted by Crippen LogP contribution is 2.21. The molecule has 0 fully saturated rings. The van der Waals surface area contributed by atoms with Gasteiger partial charge in [-0.25, -0.2) is 22.0 Å². The Morgan fingerprint density at radius 3 is 2.15 bits per heavy atom. The Kier molecular flexibility index (Phi) is 11.5. The van der Waals surface area contributed by atoms with Crippen LogP contribution in [0.25, 0.3) is 0 Å². The zero-order valence-electron chi connectivity index (χ0n) is 21.4. The van der Waals surface area contributed by atoms with Crippen LogP contribution in [0.3, 0.4) is 0 Å². The molecule has 1 aliphatic rings. The number of amidine groups is 1. The molecule has 10 nitrogen and oxygen atoms in total. The summed E-state index contributed by atoms with van der Waals surface area (Å²) >= 11 is 0. The summed E-state index contributed by atoms with van der Waals surface area (Å²) in [6.07, 6.45) is -5.08. The third kappa shape index (κ3) is 9.24. The molecular weight excluding hydrogens is 567 g/mol. The zero-order valence-corrected chi connectivity index (χ0v) is 22.2. The van der Waals surface area contributed by atoms with Crippen LogP contribution in [0.4, 0.5) is 22.0 Å². The second kappa shape index (κ2) is 14.1. The van der Waals surface area contributed by atoms with Crippen molar-refractivity contribution in [3.05, 3.63) is 65.2 Å². The normalized spacial score (nSPS) is 13.2. The van der Waals surface area contributed by atoms with E-state index >= 15 is 0 Å². The molecule has 0 saturated heterocycles. The van der Waals surface area contributed by atoms with Crippen molar-refractivity contribution in [2.45, 2.75) is 17.6 Å². The molecule has 3 rings (SSSR count). The number of nitrogens with one attached hydrogen (secondary N) is 1. The molecule has 0 radical (unpaired) electrons. The van der Waals surface area contributed by atoms with Crippen LogP contribution >= 0.6 is 0 Å². The molecule has 40 heavy (non-hydrogen) atoms. The van der Waals surface area contributed by atoms with Gasteiger partial charge in [0, 0.05) is 39.3 Å². The number of halogens is 5. The topological polar surface area (TPSA) is 129 Å². The van der Waals surface area contributed by atoms with E-state index in [1.165, 1.54) is 11.9 Å². The fourth-order valence-corrected chi connectivity index (χ4v) is 4.44. The first-order valence-corrected chi connectivity index (χ1v) is 13.0. The summed E-state index contributed by atoms with van der Waals surface area (Å²) in [7, 11) is -1.54. The smallest absolute Gasteiger partial charge is 0.475 e. The monoisotopic (exact) mass is 594 g/mol. The van der Waals surface area contributed by atoms with Gasteiger partial charge in [-0.05, 0) is 17.7 Å². The molecular formula is C24H27F5N4O6S. The van der Waals surface area contributed by atoms with Gasteiger partial charge in [-0.1, -0.05) is 30.3 Å². The van der Waals surface area contributed by atoms with Crippen LogP contribution in [-0.2, 0) is 30.9 Å². The van der Waals surface area contributed by atoms with Gasteiger partial charge >= 0.3 is 12.1 Å². The van der Waals surface area contributed by atoms with E-state index in [1.807, 2.05) is 24.3 Å². The number of carboxylic acids is 1. The van der Waals surface area contributed by atoms with Crippen LogP contribution in [-0.4, -0.2) is 93.6 Å². The standard InChI is InChI=1S/C22H26F2N4O4S.C2HF3O2/c1-27(14-16-6-8-17(9-7-16)22-25-10-11-26-22)20(29)15-32-13-12-28(2)33(30,31)21-18(23)4-3-5-19(21)24;3-2(4,5)1(6)7/h3-9H,10-15H2,1-2H3,(H,25,26);(H,6,7). The summed E-state index contributed by atoms with van der Waals surface area (Å²) in [4.78, 5) is 26.1. The molecule has 0 aliphatic carbocycles. The summed E-state index contributed by atoms with van der Waals surface area (Å²) < 4.78 is 90.3. The molecule has 1 heterocycles. The SMILES string of the molecule is CN(Cc1ccc(C2=NCCN2)cc1)C(=O)COCCN(C)S(=O)(=O)c1c(F)cccc1F.O=C(O)C(F)(F)F. The van der Waals surface area contributed by atoms with E-state index in [2.05, 4.69) is 10.3 Å². The maximum absolute atomic E-state index is 13.8. The maximum Gasteiger partial charge on any atom is 0.490 e. The Labute approximate surface area is 227 Å². The molecule has 0 saturated carbocycles. The lowest BCUT2D eigenvalue weighted by atomic mass is 10.1. The van der Waals surface area contributed by atoms with E-state index in [0.29, 0.717) is 6.54 Å². The van der Waals surface area contributed by atoms with Gasteiger partial charge in [0.25, 0.3) is 0 Å². The predicted molar refractivity (Wildman–Crippen MR) is 133 cm³/mol. The van der Waals surface area contributed by atoms with Crippen LogP contribution in [0.1, 0.15) is 11.1 Å². The van der Waals surface area contributed by atoms with E-state index in [9.17, 15) is 35.2 Å². The highest BCUT2D eigenvalue weighted by Gasteiger charge is 2.38. The molecule has 0 bridgehead atoms. The number of alkyl halides is 3. The number of nitrogens with zero attached hydrogens (tertiary/aromatic N) is 3. The van der Waals surface area contributed by atoms with Gasteiger partial charge in [0.15, 0.2) is 4.90 Å². The number of carbonyl (C=O) groups excluding carboxylic acids is 1. The van der Waals surface area contributed by atoms with Crippen LogP contribution in [0.15, 0.2) is 52.4 Å². The second-order valence-corrected chi connectivity index (χ2v) is 10.3. The fourth-order valence-electron chi connectivity index (χ4n) is 3.19. The molecule has 0 unspecified atom stereocenters. The second-order valence-electron chi connectivity index (χ2n) is 8.34. The number of aliphatic carboxylic acids is 1. The molecule has 1 amide bonds. The first-order valence-electron chi connectivity index (χ1n) is 11.5. The summed E-state index contributed by atoms with van der Waals surface area (Å²) in [5.41, 5.74) is 1.92.